The second-order valence-electron chi connectivity index (χ2n) is 9.03. The third-order valence-corrected chi connectivity index (χ3v) is 7.51. The highest BCUT2D eigenvalue weighted by molar-refractivity contribution is 7.92. The Hall–Kier alpha value is -3.14. The zero-order chi connectivity index (χ0) is 26.3. The average Bonchev–Trinajstić information content (AvgIpc) is 3.35. The Morgan fingerprint density at radius 3 is 2.39 bits per heavy atom. The minimum absolute atomic E-state index is 0.0332. The van der Waals surface area contributed by atoms with Crippen LogP contribution in [0.4, 0.5) is 10.1 Å². The topological polar surface area (TPSA) is 96.0 Å². The fourth-order valence-electron chi connectivity index (χ4n) is 4.45. The molecule has 1 aliphatic carbocycles. The first-order chi connectivity index (χ1) is 17.1. The maximum Gasteiger partial charge on any atom is 0.244 e. The van der Waals surface area contributed by atoms with Crippen LogP contribution in [0.1, 0.15) is 44.6 Å². The summed E-state index contributed by atoms with van der Waals surface area (Å²) >= 11 is 0. The Morgan fingerprint density at radius 2 is 1.81 bits per heavy atom. The van der Waals surface area contributed by atoms with Crippen molar-refractivity contribution in [1.29, 1.82) is 0 Å². The molecule has 1 saturated carbocycles. The first-order valence-electron chi connectivity index (χ1n) is 12.1. The SMILES string of the molecule is CC[C@@H](C(=O)NC1CCCC1)N(Cc1ccc(F)cc1)C(=O)CN(c1cccc(OC)c1)S(C)(=O)=O. The van der Waals surface area contributed by atoms with E-state index in [4.69, 9.17) is 4.74 Å². The summed E-state index contributed by atoms with van der Waals surface area (Å²) in [4.78, 5) is 28.3. The molecule has 0 aliphatic heterocycles. The average molecular weight is 520 g/mol. The number of nitrogens with one attached hydrogen (secondary N) is 1. The molecular weight excluding hydrogens is 485 g/mol. The van der Waals surface area contributed by atoms with E-state index in [2.05, 4.69) is 5.32 Å². The number of carbonyl (C=O) groups excluding carboxylic acids is 2. The highest BCUT2D eigenvalue weighted by Crippen LogP contribution is 2.24. The zero-order valence-electron chi connectivity index (χ0n) is 20.9. The summed E-state index contributed by atoms with van der Waals surface area (Å²) in [7, 11) is -2.37. The molecule has 0 spiro atoms. The molecule has 0 saturated heterocycles. The van der Waals surface area contributed by atoms with Crippen molar-refractivity contribution < 1.29 is 27.1 Å². The fourth-order valence-corrected chi connectivity index (χ4v) is 5.29. The van der Waals surface area contributed by atoms with Gasteiger partial charge < -0.3 is 15.0 Å². The lowest BCUT2D eigenvalue weighted by Gasteiger charge is -2.33. The van der Waals surface area contributed by atoms with Crippen molar-refractivity contribution in [3.63, 3.8) is 0 Å². The molecule has 1 atom stereocenters. The van der Waals surface area contributed by atoms with Crippen molar-refractivity contribution in [2.24, 2.45) is 0 Å². The predicted molar refractivity (Wildman–Crippen MR) is 137 cm³/mol. The molecule has 1 N–H and O–H groups in total. The van der Waals surface area contributed by atoms with E-state index in [0.717, 1.165) is 36.2 Å². The standard InChI is InChI=1S/C26H34FN3O5S/c1-4-24(26(32)28-21-8-5-6-9-21)29(17-19-12-14-20(27)15-13-19)25(31)18-30(36(3,33)34)22-10-7-11-23(16-22)35-2/h7,10-16,21,24H,4-6,8-9,17-18H2,1-3H3,(H,28,32)/t24-/m0/s1. The largest absolute Gasteiger partial charge is 0.497 e. The van der Waals surface area contributed by atoms with E-state index >= 15 is 0 Å². The lowest BCUT2D eigenvalue weighted by atomic mass is 10.1. The molecule has 10 heteroatoms. The quantitative estimate of drug-likeness (QED) is 0.491. The summed E-state index contributed by atoms with van der Waals surface area (Å²) in [5.74, 6) is -0.781. The maximum atomic E-state index is 13.7. The number of carbonyl (C=O) groups is 2. The van der Waals surface area contributed by atoms with Crippen LogP contribution in [0.3, 0.4) is 0 Å². The second kappa shape index (κ2) is 12.2. The molecule has 2 amide bonds. The Morgan fingerprint density at radius 1 is 1.14 bits per heavy atom. The number of benzene rings is 2. The van der Waals surface area contributed by atoms with E-state index in [0.29, 0.717) is 17.7 Å². The van der Waals surface area contributed by atoms with Crippen molar-refractivity contribution in [2.75, 3.05) is 24.2 Å². The lowest BCUT2D eigenvalue weighted by molar-refractivity contribution is -0.140. The highest BCUT2D eigenvalue weighted by Gasteiger charge is 2.33. The Balaban J connectivity index is 1.92. The molecule has 2 aromatic rings. The molecule has 1 fully saturated rings. The van der Waals surface area contributed by atoms with Gasteiger partial charge in [0, 0.05) is 18.7 Å². The van der Waals surface area contributed by atoms with Crippen LogP contribution in [0, 0.1) is 5.82 Å². The van der Waals surface area contributed by atoms with Gasteiger partial charge in [0.05, 0.1) is 19.1 Å². The molecular formula is C26H34FN3O5S. The van der Waals surface area contributed by atoms with E-state index in [1.54, 1.807) is 37.3 Å². The summed E-state index contributed by atoms with van der Waals surface area (Å²) < 4.78 is 45.1. The monoisotopic (exact) mass is 519 g/mol. The molecule has 8 nitrogen and oxygen atoms in total. The van der Waals surface area contributed by atoms with E-state index < -0.39 is 34.3 Å². The first-order valence-corrected chi connectivity index (χ1v) is 13.9. The van der Waals surface area contributed by atoms with Gasteiger partial charge in [-0.25, -0.2) is 12.8 Å². The summed E-state index contributed by atoms with van der Waals surface area (Å²) in [5, 5.41) is 3.05. The molecule has 2 aromatic carbocycles. The van der Waals surface area contributed by atoms with E-state index in [1.165, 1.54) is 30.2 Å². The van der Waals surface area contributed by atoms with E-state index in [1.807, 2.05) is 0 Å². The van der Waals surface area contributed by atoms with Crippen molar-refractivity contribution in [3.8, 4) is 5.75 Å². The predicted octanol–water partition coefficient (Wildman–Crippen LogP) is 3.47. The molecule has 196 valence electrons. The van der Waals surface area contributed by atoms with Gasteiger partial charge >= 0.3 is 0 Å². The van der Waals surface area contributed by atoms with Gasteiger partial charge in [-0.1, -0.05) is 38.0 Å². The summed E-state index contributed by atoms with van der Waals surface area (Å²) in [6.45, 7) is 1.34. The Bertz CT molecular complexity index is 1150. The van der Waals surface area contributed by atoms with Gasteiger partial charge in [-0.05, 0) is 49.1 Å². The van der Waals surface area contributed by atoms with Crippen LogP contribution in [0.5, 0.6) is 5.75 Å². The fraction of sp³-hybridized carbons (Fsp3) is 0.462. The van der Waals surface area contributed by atoms with Crippen molar-refractivity contribution in [1.82, 2.24) is 10.2 Å². The number of hydrogen-bond donors (Lipinski definition) is 1. The van der Waals surface area contributed by atoms with Gasteiger partial charge in [-0.15, -0.1) is 0 Å². The van der Waals surface area contributed by atoms with Crippen molar-refractivity contribution >= 4 is 27.5 Å². The van der Waals surface area contributed by atoms with Gasteiger partial charge in [-0.2, -0.15) is 0 Å². The third-order valence-electron chi connectivity index (χ3n) is 6.37. The van der Waals surface area contributed by atoms with Gasteiger partial charge in [0.25, 0.3) is 0 Å². The van der Waals surface area contributed by atoms with E-state index in [-0.39, 0.29) is 24.2 Å². The number of ether oxygens (including phenoxy) is 1. The smallest absolute Gasteiger partial charge is 0.244 e. The number of nitrogens with zero attached hydrogens (tertiary/aromatic N) is 2. The van der Waals surface area contributed by atoms with Gasteiger partial charge in [0.15, 0.2) is 0 Å². The van der Waals surface area contributed by atoms with Crippen LogP contribution < -0.4 is 14.4 Å². The molecule has 1 aliphatic rings. The van der Waals surface area contributed by atoms with Crippen LogP contribution in [0.2, 0.25) is 0 Å². The molecule has 36 heavy (non-hydrogen) atoms. The maximum absolute atomic E-state index is 13.7. The zero-order valence-corrected chi connectivity index (χ0v) is 21.8. The van der Waals surface area contributed by atoms with Crippen LogP contribution >= 0.6 is 0 Å². The number of anilines is 1. The lowest BCUT2D eigenvalue weighted by Crippen LogP contribution is -2.53. The molecule has 3 rings (SSSR count). The number of hydrogen-bond acceptors (Lipinski definition) is 5. The summed E-state index contributed by atoms with van der Waals surface area (Å²) in [6, 6.07) is 11.3. The third kappa shape index (κ3) is 7.19. The highest BCUT2D eigenvalue weighted by atomic mass is 32.2. The number of methoxy groups -OCH3 is 1. The molecule has 0 radical (unpaired) electrons. The Labute approximate surface area is 212 Å². The summed E-state index contributed by atoms with van der Waals surface area (Å²) in [6.07, 6.45) is 5.24. The Kier molecular flexibility index (Phi) is 9.31. The van der Waals surface area contributed by atoms with Crippen LogP contribution in [-0.4, -0.2) is 57.1 Å². The first kappa shape index (κ1) is 27.4. The minimum Gasteiger partial charge on any atom is -0.497 e. The minimum atomic E-state index is -3.84. The molecule has 0 unspecified atom stereocenters. The van der Waals surface area contributed by atoms with Gasteiger partial charge in [-0.3, -0.25) is 13.9 Å². The van der Waals surface area contributed by atoms with Crippen molar-refractivity contribution in [2.45, 2.75) is 57.7 Å². The van der Waals surface area contributed by atoms with E-state index in [9.17, 15) is 22.4 Å². The van der Waals surface area contributed by atoms with Crippen LogP contribution in [-0.2, 0) is 26.2 Å². The normalized spacial score (nSPS) is 14.8. The summed E-state index contributed by atoms with van der Waals surface area (Å²) in [5.41, 5.74) is 0.902. The molecule has 0 aromatic heterocycles. The number of amides is 2. The van der Waals surface area contributed by atoms with Gasteiger partial charge in [0.1, 0.15) is 24.2 Å². The van der Waals surface area contributed by atoms with Crippen LogP contribution in [0.25, 0.3) is 0 Å². The molecule has 0 heterocycles. The number of rotatable bonds is 11. The number of halogens is 1. The van der Waals surface area contributed by atoms with Crippen molar-refractivity contribution in [3.05, 3.63) is 59.9 Å². The molecule has 0 bridgehead atoms. The van der Waals surface area contributed by atoms with Gasteiger partial charge in [0.2, 0.25) is 21.8 Å². The second-order valence-corrected chi connectivity index (χ2v) is 10.9. The van der Waals surface area contributed by atoms with Crippen LogP contribution in [0.15, 0.2) is 48.5 Å². The number of sulfonamides is 1.